The molecular weight excluding hydrogens is 412 g/mol. The third-order valence-corrected chi connectivity index (χ3v) is 6.80. The van der Waals surface area contributed by atoms with E-state index in [0.717, 1.165) is 48.4 Å². The first-order valence-corrected chi connectivity index (χ1v) is 11.8. The predicted octanol–water partition coefficient (Wildman–Crippen LogP) is 4.27. The van der Waals surface area contributed by atoms with Crippen LogP contribution in [0, 0.1) is 0 Å². The maximum absolute atomic E-state index is 12.4. The molecule has 0 aliphatic carbocycles. The number of aromatic amines is 1. The molecule has 0 bridgehead atoms. The smallest absolute Gasteiger partial charge is 0.236 e. The summed E-state index contributed by atoms with van der Waals surface area (Å²) in [6.45, 7) is 6.67. The Morgan fingerprint density at radius 3 is 2.70 bits per heavy atom. The minimum Gasteiger partial charge on any atom is -0.354 e. The molecular formula is C26H32N6O. The van der Waals surface area contributed by atoms with Gasteiger partial charge in [-0.2, -0.15) is 0 Å². The van der Waals surface area contributed by atoms with E-state index < -0.39 is 0 Å². The van der Waals surface area contributed by atoms with Crippen molar-refractivity contribution in [3.63, 3.8) is 0 Å². The quantitative estimate of drug-likeness (QED) is 0.499. The van der Waals surface area contributed by atoms with Gasteiger partial charge < -0.3 is 14.8 Å². The van der Waals surface area contributed by atoms with Crippen molar-refractivity contribution in [2.75, 3.05) is 33.7 Å². The number of rotatable bonds is 5. The van der Waals surface area contributed by atoms with Gasteiger partial charge in [0.1, 0.15) is 6.33 Å². The Hall–Kier alpha value is -3.19. The molecule has 1 saturated heterocycles. The second kappa shape index (κ2) is 8.63. The standard InChI is InChI=1S/C26H32N6O/c1-17(2)25-21-13-19(18-7-10-31(11-8-18)24(33)15-30(3)4)5-6-22(21)28-26(25)20-9-12-32-16-27-29-23(32)14-20/h5-6,9,12-14,16-18,28H,7-8,10-11,15H2,1-4H3. The third-order valence-electron chi connectivity index (χ3n) is 6.80. The molecule has 1 N–H and O–H groups in total. The minimum atomic E-state index is 0.232. The normalized spacial score (nSPS) is 15.4. The molecule has 0 atom stereocenters. The van der Waals surface area contributed by atoms with Crippen LogP contribution in [-0.4, -0.2) is 69.0 Å². The summed E-state index contributed by atoms with van der Waals surface area (Å²) >= 11 is 0. The van der Waals surface area contributed by atoms with Gasteiger partial charge in [0.25, 0.3) is 0 Å². The second-order valence-corrected chi connectivity index (χ2v) is 9.78. The summed E-state index contributed by atoms with van der Waals surface area (Å²) in [6.07, 6.45) is 5.77. The van der Waals surface area contributed by atoms with Gasteiger partial charge in [-0.25, -0.2) is 0 Å². The van der Waals surface area contributed by atoms with Gasteiger partial charge in [-0.05, 0) is 74.2 Å². The van der Waals surface area contributed by atoms with E-state index in [-0.39, 0.29) is 5.91 Å². The summed E-state index contributed by atoms with van der Waals surface area (Å²) in [5, 5.41) is 9.51. The molecule has 0 radical (unpaired) electrons. The van der Waals surface area contributed by atoms with Crippen LogP contribution < -0.4 is 0 Å². The van der Waals surface area contributed by atoms with Crippen LogP contribution in [0.25, 0.3) is 27.8 Å². The Morgan fingerprint density at radius 2 is 1.97 bits per heavy atom. The lowest BCUT2D eigenvalue weighted by atomic mass is 9.87. The lowest BCUT2D eigenvalue weighted by molar-refractivity contribution is -0.132. The zero-order chi connectivity index (χ0) is 23.1. The van der Waals surface area contributed by atoms with E-state index in [1.54, 1.807) is 6.33 Å². The van der Waals surface area contributed by atoms with E-state index in [1.807, 2.05) is 34.5 Å². The Kier molecular flexibility index (Phi) is 5.66. The molecule has 7 nitrogen and oxygen atoms in total. The number of amides is 1. The van der Waals surface area contributed by atoms with Gasteiger partial charge in [0.2, 0.25) is 5.91 Å². The number of aromatic nitrogens is 4. The van der Waals surface area contributed by atoms with Gasteiger partial charge in [-0.15, -0.1) is 10.2 Å². The largest absolute Gasteiger partial charge is 0.354 e. The van der Waals surface area contributed by atoms with Crippen molar-refractivity contribution in [1.82, 2.24) is 29.4 Å². The van der Waals surface area contributed by atoms with Gasteiger partial charge in [-0.1, -0.05) is 19.9 Å². The molecule has 1 aromatic carbocycles. The number of likely N-dealkylation sites (tertiary alicyclic amines) is 1. The lowest BCUT2D eigenvalue weighted by Gasteiger charge is -2.33. The van der Waals surface area contributed by atoms with Crippen LogP contribution >= 0.6 is 0 Å². The van der Waals surface area contributed by atoms with Gasteiger partial charge in [0.15, 0.2) is 5.65 Å². The van der Waals surface area contributed by atoms with E-state index in [9.17, 15) is 4.79 Å². The molecule has 5 rings (SSSR count). The molecule has 1 fully saturated rings. The molecule has 1 amide bonds. The first-order chi connectivity index (χ1) is 15.9. The lowest BCUT2D eigenvalue weighted by Crippen LogP contribution is -2.42. The second-order valence-electron chi connectivity index (χ2n) is 9.78. The van der Waals surface area contributed by atoms with Crippen molar-refractivity contribution >= 4 is 22.5 Å². The van der Waals surface area contributed by atoms with Crippen LogP contribution in [0.5, 0.6) is 0 Å². The minimum absolute atomic E-state index is 0.232. The number of likely N-dealkylation sites (N-methyl/N-ethyl adjacent to an activating group) is 1. The number of pyridine rings is 1. The van der Waals surface area contributed by atoms with Crippen LogP contribution in [0.1, 0.15) is 49.7 Å². The Bertz CT molecular complexity index is 1290. The fraction of sp³-hybridized carbons (Fsp3) is 0.423. The van der Waals surface area contributed by atoms with Gasteiger partial charge in [0, 0.05) is 35.8 Å². The number of hydrogen-bond acceptors (Lipinski definition) is 4. The zero-order valence-corrected chi connectivity index (χ0v) is 19.9. The van der Waals surface area contributed by atoms with Crippen LogP contribution in [0.3, 0.4) is 0 Å². The van der Waals surface area contributed by atoms with Crippen molar-refractivity contribution in [2.24, 2.45) is 0 Å². The molecule has 0 unspecified atom stereocenters. The number of hydrogen-bond donors (Lipinski definition) is 1. The van der Waals surface area contributed by atoms with Crippen LogP contribution in [0.15, 0.2) is 42.9 Å². The van der Waals surface area contributed by atoms with Gasteiger partial charge >= 0.3 is 0 Å². The molecule has 4 heterocycles. The molecule has 7 heteroatoms. The number of carbonyl (C=O) groups excluding carboxylic acids is 1. The SMILES string of the molecule is CC(C)c1c(-c2ccn3cnnc3c2)[nH]c2ccc(C3CCN(C(=O)CN(C)C)CC3)cc12. The first kappa shape index (κ1) is 21.6. The number of benzene rings is 1. The molecule has 1 aliphatic rings. The molecule has 1 aliphatic heterocycles. The van der Waals surface area contributed by atoms with Crippen LogP contribution in [0.2, 0.25) is 0 Å². The number of H-pyrrole nitrogens is 1. The monoisotopic (exact) mass is 444 g/mol. The van der Waals surface area contributed by atoms with E-state index >= 15 is 0 Å². The van der Waals surface area contributed by atoms with Crippen molar-refractivity contribution in [1.29, 1.82) is 0 Å². The number of fused-ring (bicyclic) bond motifs is 2. The highest BCUT2D eigenvalue weighted by atomic mass is 16.2. The summed E-state index contributed by atoms with van der Waals surface area (Å²) in [5.41, 5.74) is 7.02. The number of piperidine rings is 1. The van der Waals surface area contributed by atoms with Crippen molar-refractivity contribution in [3.05, 3.63) is 54.0 Å². The fourth-order valence-corrected chi connectivity index (χ4v) is 5.12. The Morgan fingerprint density at radius 1 is 1.18 bits per heavy atom. The van der Waals surface area contributed by atoms with Gasteiger partial charge in [0.05, 0.1) is 12.2 Å². The Labute approximate surface area is 194 Å². The zero-order valence-electron chi connectivity index (χ0n) is 19.9. The molecule has 33 heavy (non-hydrogen) atoms. The number of carbonyl (C=O) groups is 1. The van der Waals surface area contributed by atoms with E-state index in [0.29, 0.717) is 18.4 Å². The Balaban J connectivity index is 1.44. The predicted molar refractivity (Wildman–Crippen MR) is 131 cm³/mol. The number of nitrogens with one attached hydrogen (secondary N) is 1. The molecule has 3 aromatic heterocycles. The first-order valence-electron chi connectivity index (χ1n) is 11.8. The van der Waals surface area contributed by atoms with Crippen molar-refractivity contribution < 1.29 is 4.79 Å². The van der Waals surface area contributed by atoms with Crippen molar-refractivity contribution in [3.8, 4) is 11.3 Å². The van der Waals surface area contributed by atoms with Crippen molar-refractivity contribution in [2.45, 2.75) is 38.5 Å². The highest BCUT2D eigenvalue weighted by Gasteiger charge is 2.25. The van der Waals surface area contributed by atoms with E-state index in [2.05, 4.69) is 59.4 Å². The summed E-state index contributed by atoms with van der Waals surface area (Å²) in [4.78, 5) is 20.1. The molecule has 0 spiro atoms. The fourth-order valence-electron chi connectivity index (χ4n) is 5.12. The maximum atomic E-state index is 12.4. The van der Waals surface area contributed by atoms with E-state index in [4.69, 9.17) is 0 Å². The molecule has 0 saturated carbocycles. The summed E-state index contributed by atoms with van der Waals surface area (Å²) in [7, 11) is 3.89. The maximum Gasteiger partial charge on any atom is 0.236 e. The van der Waals surface area contributed by atoms with Gasteiger partial charge in [-0.3, -0.25) is 9.20 Å². The van der Waals surface area contributed by atoms with Crippen LogP contribution in [-0.2, 0) is 4.79 Å². The highest BCUT2D eigenvalue weighted by Crippen LogP contribution is 2.38. The topological polar surface area (TPSA) is 69.5 Å². The highest BCUT2D eigenvalue weighted by molar-refractivity contribution is 5.92. The molecule has 4 aromatic rings. The number of nitrogens with zero attached hydrogens (tertiary/aromatic N) is 5. The van der Waals surface area contributed by atoms with E-state index in [1.165, 1.54) is 16.5 Å². The summed E-state index contributed by atoms with van der Waals surface area (Å²) < 4.78 is 1.93. The average Bonchev–Trinajstić information content (AvgIpc) is 3.42. The van der Waals surface area contributed by atoms with Crippen LogP contribution in [0.4, 0.5) is 0 Å². The third kappa shape index (κ3) is 4.13. The molecule has 172 valence electrons. The summed E-state index contributed by atoms with van der Waals surface area (Å²) in [5.74, 6) is 1.10. The average molecular weight is 445 g/mol. The summed E-state index contributed by atoms with van der Waals surface area (Å²) in [6, 6.07) is 11.1.